The van der Waals surface area contributed by atoms with Crippen LogP contribution in [0.4, 0.5) is 0 Å². The Labute approximate surface area is 62.1 Å². The molecule has 2 atom stereocenters. The molecule has 1 aliphatic heterocycles. The molecule has 0 aromatic rings. The molecule has 0 saturated heterocycles. The third-order valence-corrected chi connectivity index (χ3v) is 2.41. The van der Waals surface area contributed by atoms with E-state index in [-0.39, 0.29) is 0 Å². The largest absolute Gasteiger partial charge is 0.374 e. The van der Waals surface area contributed by atoms with Crippen molar-refractivity contribution in [3.05, 3.63) is 12.2 Å². The fraction of sp³-hybridized carbons (Fsp3) is 0.778. The average molecular weight is 138 g/mol. The second-order valence-corrected chi connectivity index (χ2v) is 3.42. The van der Waals surface area contributed by atoms with Gasteiger partial charge in [-0.15, -0.1) is 0 Å². The van der Waals surface area contributed by atoms with Crippen molar-refractivity contribution in [1.29, 1.82) is 0 Å². The molecule has 1 saturated carbocycles. The molecular formula is C9H14O. The van der Waals surface area contributed by atoms with E-state index in [0.29, 0.717) is 6.10 Å². The van der Waals surface area contributed by atoms with Gasteiger partial charge in [0, 0.05) is 5.92 Å². The van der Waals surface area contributed by atoms with E-state index in [0.717, 1.165) is 18.4 Å². The SMILES string of the molecule is CC1C=CC(C2CC2)CO1. The summed E-state index contributed by atoms with van der Waals surface area (Å²) in [6, 6.07) is 0. The predicted octanol–water partition coefficient (Wildman–Crippen LogP) is 1.99. The molecule has 10 heavy (non-hydrogen) atoms. The van der Waals surface area contributed by atoms with Crippen LogP contribution in [0.2, 0.25) is 0 Å². The molecule has 2 rings (SSSR count). The van der Waals surface area contributed by atoms with Crippen LogP contribution in [0, 0.1) is 11.8 Å². The van der Waals surface area contributed by atoms with E-state index in [1.807, 2.05) is 0 Å². The van der Waals surface area contributed by atoms with Gasteiger partial charge in [-0.05, 0) is 25.7 Å². The summed E-state index contributed by atoms with van der Waals surface area (Å²) in [7, 11) is 0. The zero-order valence-corrected chi connectivity index (χ0v) is 6.42. The lowest BCUT2D eigenvalue weighted by Gasteiger charge is -2.20. The summed E-state index contributed by atoms with van der Waals surface area (Å²) >= 11 is 0. The Morgan fingerprint density at radius 3 is 2.60 bits per heavy atom. The van der Waals surface area contributed by atoms with Crippen LogP contribution in [0.15, 0.2) is 12.2 Å². The molecule has 2 aliphatic rings. The van der Waals surface area contributed by atoms with E-state index in [1.54, 1.807) is 0 Å². The summed E-state index contributed by atoms with van der Waals surface area (Å²) in [5, 5.41) is 0. The lowest BCUT2D eigenvalue weighted by molar-refractivity contribution is 0.0613. The average Bonchev–Trinajstić information content (AvgIpc) is 2.71. The second-order valence-electron chi connectivity index (χ2n) is 3.42. The summed E-state index contributed by atoms with van der Waals surface area (Å²) in [4.78, 5) is 0. The topological polar surface area (TPSA) is 9.23 Å². The highest BCUT2D eigenvalue weighted by Crippen LogP contribution is 2.38. The summed E-state index contributed by atoms with van der Waals surface area (Å²) in [5.74, 6) is 1.71. The number of hydrogen-bond donors (Lipinski definition) is 0. The fourth-order valence-electron chi connectivity index (χ4n) is 1.49. The summed E-state index contributed by atoms with van der Waals surface area (Å²) in [5.41, 5.74) is 0. The zero-order valence-electron chi connectivity index (χ0n) is 6.42. The van der Waals surface area contributed by atoms with E-state index in [1.165, 1.54) is 12.8 Å². The first-order chi connectivity index (χ1) is 4.86. The van der Waals surface area contributed by atoms with E-state index >= 15 is 0 Å². The van der Waals surface area contributed by atoms with Crippen molar-refractivity contribution in [2.45, 2.75) is 25.9 Å². The van der Waals surface area contributed by atoms with E-state index in [2.05, 4.69) is 19.1 Å². The monoisotopic (exact) mass is 138 g/mol. The molecule has 0 spiro atoms. The maximum absolute atomic E-state index is 5.50. The van der Waals surface area contributed by atoms with Gasteiger partial charge in [0.2, 0.25) is 0 Å². The van der Waals surface area contributed by atoms with Gasteiger partial charge in [-0.2, -0.15) is 0 Å². The lowest BCUT2D eigenvalue weighted by atomic mass is 10.0. The van der Waals surface area contributed by atoms with E-state index in [4.69, 9.17) is 4.74 Å². The van der Waals surface area contributed by atoms with Gasteiger partial charge in [-0.3, -0.25) is 0 Å². The molecule has 0 radical (unpaired) electrons. The van der Waals surface area contributed by atoms with Crippen molar-refractivity contribution in [2.24, 2.45) is 11.8 Å². The quantitative estimate of drug-likeness (QED) is 0.503. The zero-order chi connectivity index (χ0) is 6.97. The van der Waals surface area contributed by atoms with Gasteiger partial charge >= 0.3 is 0 Å². The van der Waals surface area contributed by atoms with Gasteiger partial charge in [0.05, 0.1) is 12.7 Å². The maximum atomic E-state index is 5.50. The number of ether oxygens (including phenoxy) is 1. The second kappa shape index (κ2) is 2.39. The van der Waals surface area contributed by atoms with Crippen LogP contribution in [-0.2, 0) is 4.74 Å². The third-order valence-electron chi connectivity index (χ3n) is 2.41. The van der Waals surface area contributed by atoms with Crippen molar-refractivity contribution in [3.8, 4) is 0 Å². The van der Waals surface area contributed by atoms with Gasteiger partial charge in [-0.25, -0.2) is 0 Å². The van der Waals surface area contributed by atoms with Crippen LogP contribution in [0.3, 0.4) is 0 Å². The molecular weight excluding hydrogens is 124 g/mol. The molecule has 0 bridgehead atoms. The molecule has 0 aromatic carbocycles. The Balaban J connectivity index is 1.93. The molecule has 0 N–H and O–H groups in total. The third kappa shape index (κ3) is 1.24. The predicted molar refractivity (Wildman–Crippen MR) is 40.8 cm³/mol. The Bertz CT molecular complexity index is 147. The molecule has 2 unspecified atom stereocenters. The van der Waals surface area contributed by atoms with Crippen molar-refractivity contribution in [1.82, 2.24) is 0 Å². The Hall–Kier alpha value is -0.300. The summed E-state index contributed by atoms with van der Waals surface area (Å²) in [6.07, 6.45) is 7.73. The molecule has 1 heterocycles. The molecule has 0 amide bonds. The van der Waals surface area contributed by atoms with Crippen LogP contribution >= 0.6 is 0 Å². The van der Waals surface area contributed by atoms with Crippen molar-refractivity contribution in [2.75, 3.05) is 6.61 Å². The molecule has 1 nitrogen and oxygen atoms in total. The van der Waals surface area contributed by atoms with Gasteiger partial charge in [0.25, 0.3) is 0 Å². The van der Waals surface area contributed by atoms with Crippen LogP contribution in [0.5, 0.6) is 0 Å². The first-order valence-electron chi connectivity index (χ1n) is 4.16. The molecule has 1 heteroatoms. The Morgan fingerprint density at radius 1 is 1.30 bits per heavy atom. The van der Waals surface area contributed by atoms with Crippen molar-refractivity contribution in [3.63, 3.8) is 0 Å². The summed E-state index contributed by atoms with van der Waals surface area (Å²) < 4.78 is 5.50. The molecule has 0 aromatic heterocycles. The van der Waals surface area contributed by atoms with Crippen molar-refractivity contribution < 1.29 is 4.74 Å². The first-order valence-corrected chi connectivity index (χ1v) is 4.16. The highest BCUT2D eigenvalue weighted by Gasteiger charge is 2.31. The number of hydrogen-bond acceptors (Lipinski definition) is 1. The highest BCUT2D eigenvalue weighted by molar-refractivity contribution is 5.01. The minimum absolute atomic E-state index is 0.356. The van der Waals surface area contributed by atoms with Crippen LogP contribution < -0.4 is 0 Å². The van der Waals surface area contributed by atoms with Crippen LogP contribution in [0.25, 0.3) is 0 Å². The summed E-state index contributed by atoms with van der Waals surface area (Å²) in [6.45, 7) is 3.06. The Kier molecular flexibility index (Phi) is 1.53. The van der Waals surface area contributed by atoms with Crippen LogP contribution in [-0.4, -0.2) is 12.7 Å². The van der Waals surface area contributed by atoms with Crippen LogP contribution in [0.1, 0.15) is 19.8 Å². The minimum atomic E-state index is 0.356. The van der Waals surface area contributed by atoms with E-state index < -0.39 is 0 Å². The molecule has 1 fully saturated rings. The van der Waals surface area contributed by atoms with Crippen molar-refractivity contribution >= 4 is 0 Å². The number of rotatable bonds is 1. The minimum Gasteiger partial charge on any atom is -0.374 e. The first kappa shape index (κ1) is 6.41. The van der Waals surface area contributed by atoms with Gasteiger partial charge in [-0.1, -0.05) is 12.2 Å². The molecule has 1 aliphatic carbocycles. The van der Waals surface area contributed by atoms with E-state index in [9.17, 15) is 0 Å². The molecule has 56 valence electrons. The smallest absolute Gasteiger partial charge is 0.0728 e. The van der Waals surface area contributed by atoms with Gasteiger partial charge < -0.3 is 4.74 Å². The fourth-order valence-corrected chi connectivity index (χ4v) is 1.49. The lowest BCUT2D eigenvalue weighted by Crippen LogP contribution is -2.19. The highest BCUT2D eigenvalue weighted by atomic mass is 16.5. The Morgan fingerprint density at radius 2 is 2.10 bits per heavy atom. The normalized spacial score (nSPS) is 40.1. The van der Waals surface area contributed by atoms with Gasteiger partial charge in [0.1, 0.15) is 0 Å². The standard InChI is InChI=1S/C9H14O/c1-7-2-3-9(6-10-7)8-4-5-8/h2-3,7-9H,4-6H2,1H3. The maximum Gasteiger partial charge on any atom is 0.0728 e. The van der Waals surface area contributed by atoms with Gasteiger partial charge in [0.15, 0.2) is 0 Å².